The fraction of sp³-hybridized carbons (Fsp3) is 0.688. The average molecular weight is 633 g/mol. The van der Waals surface area contributed by atoms with Gasteiger partial charge < -0.3 is 29.6 Å². The Morgan fingerprint density at radius 2 is 1.96 bits per heavy atom. The third kappa shape index (κ3) is 5.70. The molecule has 2 heterocycles. The lowest BCUT2D eigenvalue weighted by Gasteiger charge is -2.45. The van der Waals surface area contributed by atoms with E-state index >= 15 is 0 Å². The summed E-state index contributed by atoms with van der Waals surface area (Å²) in [6.07, 6.45) is 4.03. The first kappa shape index (κ1) is 30.5. The van der Waals surface area contributed by atoms with Crippen molar-refractivity contribution in [3.63, 3.8) is 0 Å². The third-order valence-corrected chi connectivity index (χ3v) is 11.3. The van der Waals surface area contributed by atoms with E-state index in [2.05, 4.69) is 15.3 Å². The maximum absolute atomic E-state index is 13.6. The van der Waals surface area contributed by atoms with Gasteiger partial charge in [0.15, 0.2) is 12.1 Å². The van der Waals surface area contributed by atoms with E-state index in [1.54, 1.807) is 0 Å². The number of hydrogen-bond donors (Lipinski definition) is 2. The Balaban J connectivity index is 0.843. The number of halogens is 3. The summed E-state index contributed by atoms with van der Waals surface area (Å²) in [6, 6.07) is 4.27. The number of amides is 1. The molecule has 5 aliphatic rings. The number of unbranched alkanes of at least 4 members (excludes halogenated alkanes) is 2. The van der Waals surface area contributed by atoms with Gasteiger partial charge >= 0.3 is 12.3 Å². The average Bonchev–Trinajstić information content (AvgIpc) is 3.92. The van der Waals surface area contributed by atoms with Crippen LogP contribution in [0.15, 0.2) is 23.0 Å². The largest absolute Gasteiger partial charge is 0.632 e. The summed E-state index contributed by atoms with van der Waals surface area (Å²) in [6.45, 7) is -0.558. The summed E-state index contributed by atoms with van der Waals surface area (Å²) in [5.74, 6) is 1.58. The summed E-state index contributed by atoms with van der Waals surface area (Å²) >= 11 is 0. The van der Waals surface area contributed by atoms with Crippen LogP contribution in [0.3, 0.4) is 0 Å². The molecule has 4 aliphatic carbocycles. The van der Waals surface area contributed by atoms with E-state index in [1.807, 2.05) is 0 Å². The van der Waals surface area contributed by atoms with E-state index in [9.17, 15) is 32.8 Å². The standard InChI is InChI=1S/C32H39F3N4O6/c33-32(34,35)18-44-20-6-7-23-25(16-20)38-28(41)24(37-23)5-3-1-2-4-21-22-14-19(22)15-26(21)45-29(42)36-11-13-39(43)12-10-30(8-9-30)31(39)17-27(31)40/h6-7,16,19,21-22,26H,1-5,8-15,17-18H2,(H,36,42)(H,38,41)/t19?,21-,22?,26?,31?,39?/m1/s1. The highest BCUT2D eigenvalue weighted by Crippen LogP contribution is 2.72. The van der Waals surface area contributed by atoms with Gasteiger partial charge in [-0.25, -0.2) is 9.78 Å². The number of carbonyl (C=O) groups excluding carboxylic acids is 2. The second-order valence-corrected chi connectivity index (χ2v) is 14.0. The van der Waals surface area contributed by atoms with Gasteiger partial charge in [-0.2, -0.15) is 13.2 Å². The van der Waals surface area contributed by atoms with Gasteiger partial charge in [-0.3, -0.25) is 9.59 Å². The fourth-order valence-corrected chi connectivity index (χ4v) is 8.63. The van der Waals surface area contributed by atoms with Gasteiger partial charge in [0.25, 0.3) is 5.56 Å². The van der Waals surface area contributed by atoms with Gasteiger partial charge in [0.1, 0.15) is 17.5 Å². The van der Waals surface area contributed by atoms with Crippen LogP contribution in [0.5, 0.6) is 5.75 Å². The van der Waals surface area contributed by atoms with Gasteiger partial charge in [0.05, 0.1) is 37.1 Å². The molecule has 1 saturated heterocycles. The summed E-state index contributed by atoms with van der Waals surface area (Å²) in [5, 5.41) is 16.4. The number of aromatic nitrogens is 2. The van der Waals surface area contributed by atoms with E-state index < -0.39 is 29.1 Å². The molecule has 45 heavy (non-hydrogen) atoms. The molecule has 1 aromatic carbocycles. The van der Waals surface area contributed by atoms with Crippen LogP contribution in [0.4, 0.5) is 18.0 Å². The number of aryl methyl sites for hydroxylation is 1. The molecular weight excluding hydrogens is 593 g/mol. The third-order valence-electron chi connectivity index (χ3n) is 11.3. The Hall–Kier alpha value is -3.19. The fourth-order valence-electron chi connectivity index (χ4n) is 8.63. The number of hydroxylamine groups is 3. The monoisotopic (exact) mass is 632 g/mol. The number of hydrogen-bond acceptors (Lipinski definition) is 7. The van der Waals surface area contributed by atoms with Crippen molar-refractivity contribution in [3.8, 4) is 5.75 Å². The van der Waals surface area contributed by atoms with Crippen LogP contribution in [0, 0.1) is 28.4 Å². The van der Waals surface area contributed by atoms with E-state index in [-0.39, 0.29) is 41.7 Å². The Morgan fingerprint density at radius 3 is 2.69 bits per heavy atom. The Morgan fingerprint density at radius 1 is 1.16 bits per heavy atom. The highest BCUT2D eigenvalue weighted by Gasteiger charge is 2.83. The van der Waals surface area contributed by atoms with Crippen molar-refractivity contribution in [2.75, 3.05) is 26.2 Å². The van der Waals surface area contributed by atoms with Crippen molar-refractivity contribution in [1.82, 2.24) is 15.3 Å². The second-order valence-electron chi connectivity index (χ2n) is 14.0. The van der Waals surface area contributed by atoms with Crippen LogP contribution in [-0.4, -0.2) is 70.6 Å². The van der Waals surface area contributed by atoms with Crippen LogP contribution in [0.25, 0.3) is 11.0 Å². The van der Waals surface area contributed by atoms with Gasteiger partial charge in [-0.15, -0.1) is 0 Å². The van der Waals surface area contributed by atoms with E-state index in [4.69, 9.17) is 9.47 Å². The first-order chi connectivity index (χ1) is 21.4. The molecule has 0 bridgehead atoms. The molecule has 7 rings (SSSR count). The molecule has 2 spiro atoms. The van der Waals surface area contributed by atoms with Crippen LogP contribution in [-0.2, 0) is 16.0 Å². The zero-order valence-electron chi connectivity index (χ0n) is 25.1. The number of H-pyrrole nitrogens is 1. The second kappa shape index (κ2) is 11.0. The number of nitrogens with zero attached hydrogens (tertiary/aromatic N) is 2. The van der Waals surface area contributed by atoms with Crippen LogP contribution >= 0.6 is 0 Å². The smallest absolute Gasteiger partial charge is 0.422 e. The van der Waals surface area contributed by atoms with Crippen molar-refractivity contribution >= 4 is 22.9 Å². The normalized spacial score (nSPS) is 32.2. The predicted molar refractivity (Wildman–Crippen MR) is 156 cm³/mol. The topological polar surface area (TPSA) is 133 Å². The van der Waals surface area contributed by atoms with Gasteiger partial charge in [0, 0.05) is 17.9 Å². The first-order valence-electron chi connectivity index (χ1n) is 16.2. The van der Waals surface area contributed by atoms with Crippen LogP contribution in [0.2, 0.25) is 0 Å². The molecule has 1 amide bonds. The zero-order valence-corrected chi connectivity index (χ0v) is 25.1. The van der Waals surface area contributed by atoms with E-state index in [0.29, 0.717) is 53.9 Å². The van der Waals surface area contributed by atoms with Gasteiger partial charge in [0.2, 0.25) is 5.78 Å². The SMILES string of the molecule is O=C(NCC[N+]1([O-])CCC2(CC2)C12CC2=O)OC1CC2CC2[C@H]1CCCCCc1nc2ccc(OCC(F)(F)F)cc2[nH]c1=O. The molecule has 0 radical (unpaired) electrons. The number of alkyl carbamates (subject to hydrolysis) is 1. The predicted octanol–water partition coefficient (Wildman–Crippen LogP) is 4.93. The van der Waals surface area contributed by atoms with Crippen molar-refractivity contribution in [3.05, 3.63) is 39.5 Å². The van der Waals surface area contributed by atoms with Crippen molar-refractivity contribution in [2.45, 2.75) is 88.4 Å². The number of ether oxygens (including phenoxy) is 2. The number of aromatic amines is 1. The first-order valence-corrected chi connectivity index (χ1v) is 16.2. The lowest BCUT2D eigenvalue weighted by molar-refractivity contribution is -0.900. The summed E-state index contributed by atoms with van der Waals surface area (Å²) in [7, 11) is 0. The van der Waals surface area contributed by atoms with E-state index in [1.165, 1.54) is 24.6 Å². The maximum Gasteiger partial charge on any atom is 0.422 e. The minimum atomic E-state index is -4.45. The molecule has 10 nitrogen and oxygen atoms in total. The molecule has 2 N–H and O–H groups in total. The summed E-state index contributed by atoms with van der Waals surface area (Å²) in [5.41, 5.74) is -0.00190. The quantitative estimate of drug-likeness (QED) is 0.193. The highest BCUT2D eigenvalue weighted by molar-refractivity contribution is 6.05. The van der Waals surface area contributed by atoms with Gasteiger partial charge in [-0.05, 0) is 74.8 Å². The number of benzene rings is 1. The molecule has 5 fully saturated rings. The lowest BCUT2D eigenvalue weighted by Crippen LogP contribution is -2.55. The molecular formula is C32H39F3N4O6. The van der Waals surface area contributed by atoms with E-state index in [0.717, 1.165) is 51.4 Å². The number of likely N-dealkylation sites (tertiary alicyclic amines) is 1. The molecule has 1 aliphatic heterocycles. The molecule has 4 saturated carbocycles. The van der Waals surface area contributed by atoms with Gasteiger partial charge in [-0.1, -0.05) is 12.8 Å². The minimum Gasteiger partial charge on any atom is -0.632 e. The minimum absolute atomic E-state index is 0.00400. The number of carbonyl (C=O) groups is 2. The lowest BCUT2D eigenvalue weighted by atomic mass is 9.93. The summed E-state index contributed by atoms with van der Waals surface area (Å²) < 4.78 is 47.4. The Labute approximate surface area is 258 Å². The molecule has 1 aromatic heterocycles. The Kier molecular flexibility index (Phi) is 7.42. The number of ketones is 1. The number of alkyl halides is 3. The molecule has 2 aromatic rings. The number of rotatable bonds is 12. The van der Waals surface area contributed by atoms with Crippen LogP contribution < -0.4 is 15.6 Å². The highest BCUT2D eigenvalue weighted by atomic mass is 19.4. The molecule has 244 valence electrons. The summed E-state index contributed by atoms with van der Waals surface area (Å²) in [4.78, 5) is 44.7. The molecule has 13 heteroatoms. The number of fused-ring (bicyclic) bond motifs is 3. The molecule has 6 atom stereocenters. The Bertz CT molecular complexity index is 1560. The maximum atomic E-state index is 13.6. The van der Waals surface area contributed by atoms with Crippen LogP contribution in [0.1, 0.15) is 69.9 Å². The number of quaternary nitrogens is 1. The number of Topliss-reactive ketones (excluding diaryl/α,β-unsaturated/α-hetero) is 1. The zero-order chi connectivity index (χ0) is 31.6. The van der Waals surface area contributed by atoms with Crippen molar-refractivity contribution in [2.24, 2.45) is 23.2 Å². The van der Waals surface area contributed by atoms with Crippen molar-refractivity contribution < 1.29 is 36.9 Å². The van der Waals surface area contributed by atoms with Crippen molar-refractivity contribution in [1.29, 1.82) is 0 Å². The molecule has 5 unspecified atom stereocenters. The number of nitrogens with one attached hydrogen (secondary N) is 2.